The first-order chi connectivity index (χ1) is 9.63. The van der Waals surface area contributed by atoms with Crippen LogP contribution in [-0.4, -0.2) is 17.0 Å². The van der Waals surface area contributed by atoms with E-state index in [0.717, 1.165) is 5.56 Å². The van der Waals surface area contributed by atoms with Crippen LogP contribution >= 0.6 is 0 Å². The molecule has 20 heavy (non-hydrogen) atoms. The molecule has 0 bridgehead atoms. The smallest absolute Gasteiger partial charge is 0.331 e. The Morgan fingerprint density at radius 3 is 2.80 bits per heavy atom. The van der Waals surface area contributed by atoms with Crippen LogP contribution in [0.4, 0.5) is 5.69 Å². The third kappa shape index (κ3) is 3.01. The number of ether oxygens (including phenoxy) is 2. The van der Waals surface area contributed by atoms with Gasteiger partial charge in [-0.15, -0.1) is 0 Å². The molecule has 0 aliphatic rings. The summed E-state index contributed by atoms with van der Waals surface area (Å²) in [5, 5.41) is 11.0. The third-order valence-electron chi connectivity index (χ3n) is 2.57. The molecular formula is C13H13N3O4. The summed E-state index contributed by atoms with van der Waals surface area (Å²) < 4.78 is 10.4. The standard InChI is InChI=1S/C13H13N3O4/c1-19-12-6-5-11(16(17)18)13(15-12)20-10-4-2-3-9(7-10)8-14/h2-7H,8,14H2,1H3. The summed E-state index contributed by atoms with van der Waals surface area (Å²) in [6, 6.07) is 9.65. The molecule has 1 aromatic heterocycles. The van der Waals surface area contributed by atoms with Crippen LogP contribution in [0.3, 0.4) is 0 Å². The maximum Gasteiger partial charge on any atom is 0.331 e. The van der Waals surface area contributed by atoms with Gasteiger partial charge in [0.25, 0.3) is 0 Å². The van der Waals surface area contributed by atoms with Gasteiger partial charge in [-0.05, 0) is 17.7 Å². The molecular weight excluding hydrogens is 262 g/mol. The fraction of sp³-hybridized carbons (Fsp3) is 0.154. The molecule has 0 amide bonds. The molecule has 0 fully saturated rings. The number of hydrogen-bond donors (Lipinski definition) is 1. The molecule has 0 saturated carbocycles. The van der Waals surface area contributed by atoms with Gasteiger partial charge in [-0.2, -0.15) is 4.98 Å². The number of benzene rings is 1. The molecule has 0 spiro atoms. The van der Waals surface area contributed by atoms with E-state index in [2.05, 4.69) is 4.98 Å². The Hall–Kier alpha value is -2.67. The van der Waals surface area contributed by atoms with Gasteiger partial charge >= 0.3 is 11.6 Å². The third-order valence-corrected chi connectivity index (χ3v) is 2.57. The lowest BCUT2D eigenvalue weighted by Gasteiger charge is -2.07. The van der Waals surface area contributed by atoms with Crippen LogP contribution in [-0.2, 0) is 6.54 Å². The van der Waals surface area contributed by atoms with Crippen molar-refractivity contribution in [2.75, 3.05) is 7.11 Å². The lowest BCUT2D eigenvalue weighted by atomic mass is 10.2. The second kappa shape index (κ2) is 5.98. The highest BCUT2D eigenvalue weighted by Crippen LogP contribution is 2.31. The molecule has 0 aliphatic carbocycles. The first kappa shape index (κ1) is 13.8. The molecule has 2 rings (SSSR count). The molecule has 2 aromatic rings. The van der Waals surface area contributed by atoms with Crippen LogP contribution in [0.25, 0.3) is 0 Å². The summed E-state index contributed by atoms with van der Waals surface area (Å²) >= 11 is 0. The minimum Gasteiger partial charge on any atom is -0.481 e. The molecule has 2 N–H and O–H groups in total. The van der Waals surface area contributed by atoms with Crippen molar-refractivity contribution in [3.63, 3.8) is 0 Å². The Morgan fingerprint density at radius 1 is 1.35 bits per heavy atom. The number of rotatable bonds is 5. The van der Waals surface area contributed by atoms with Crippen molar-refractivity contribution in [2.24, 2.45) is 5.73 Å². The number of hydrogen-bond acceptors (Lipinski definition) is 6. The summed E-state index contributed by atoms with van der Waals surface area (Å²) in [5.74, 6) is 0.543. The normalized spacial score (nSPS) is 10.1. The maximum atomic E-state index is 11.0. The van der Waals surface area contributed by atoms with Gasteiger partial charge in [-0.1, -0.05) is 12.1 Å². The fourth-order valence-corrected chi connectivity index (χ4v) is 1.59. The Labute approximate surface area is 115 Å². The summed E-state index contributed by atoms with van der Waals surface area (Å²) in [4.78, 5) is 14.3. The zero-order valence-corrected chi connectivity index (χ0v) is 10.8. The van der Waals surface area contributed by atoms with E-state index in [0.29, 0.717) is 12.3 Å². The minimum absolute atomic E-state index is 0.122. The zero-order valence-electron chi connectivity index (χ0n) is 10.8. The highest BCUT2D eigenvalue weighted by atomic mass is 16.6. The predicted octanol–water partition coefficient (Wildman–Crippen LogP) is 2.25. The van der Waals surface area contributed by atoms with E-state index < -0.39 is 4.92 Å². The van der Waals surface area contributed by atoms with E-state index in [1.807, 2.05) is 6.07 Å². The van der Waals surface area contributed by atoms with Gasteiger partial charge in [-0.3, -0.25) is 10.1 Å². The number of pyridine rings is 1. The molecule has 7 nitrogen and oxygen atoms in total. The number of nitrogens with two attached hydrogens (primary N) is 1. The summed E-state index contributed by atoms with van der Waals surface area (Å²) in [5.41, 5.74) is 6.16. The Morgan fingerprint density at radius 2 is 2.15 bits per heavy atom. The quantitative estimate of drug-likeness (QED) is 0.663. The zero-order chi connectivity index (χ0) is 14.5. The topological polar surface area (TPSA) is 101 Å². The van der Waals surface area contributed by atoms with Crippen molar-refractivity contribution in [2.45, 2.75) is 6.54 Å². The first-order valence-corrected chi connectivity index (χ1v) is 5.80. The largest absolute Gasteiger partial charge is 0.481 e. The molecule has 104 valence electrons. The van der Waals surface area contributed by atoms with E-state index in [4.69, 9.17) is 15.2 Å². The lowest BCUT2D eigenvalue weighted by molar-refractivity contribution is -0.386. The molecule has 0 radical (unpaired) electrons. The Kier molecular flexibility index (Phi) is 4.11. The fourth-order valence-electron chi connectivity index (χ4n) is 1.59. The van der Waals surface area contributed by atoms with E-state index in [9.17, 15) is 10.1 Å². The molecule has 0 saturated heterocycles. The first-order valence-electron chi connectivity index (χ1n) is 5.80. The molecule has 7 heteroatoms. The maximum absolute atomic E-state index is 11.0. The molecule has 1 aromatic carbocycles. The lowest BCUT2D eigenvalue weighted by Crippen LogP contribution is -1.99. The molecule has 0 unspecified atom stereocenters. The number of methoxy groups -OCH3 is 1. The van der Waals surface area contributed by atoms with Crippen molar-refractivity contribution in [1.82, 2.24) is 4.98 Å². The summed E-state index contributed by atoms with van der Waals surface area (Å²) in [6.45, 7) is 0.352. The molecule has 1 heterocycles. The predicted molar refractivity (Wildman–Crippen MR) is 71.9 cm³/mol. The van der Waals surface area contributed by atoms with Crippen molar-refractivity contribution < 1.29 is 14.4 Å². The molecule has 0 aliphatic heterocycles. The van der Waals surface area contributed by atoms with E-state index in [-0.39, 0.29) is 17.4 Å². The van der Waals surface area contributed by atoms with Gasteiger partial charge in [0.15, 0.2) is 0 Å². The monoisotopic (exact) mass is 275 g/mol. The number of nitro groups is 1. The van der Waals surface area contributed by atoms with Crippen molar-refractivity contribution in [3.05, 3.63) is 52.1 Å². The van der Waals surface area contributed by atoms with Crippen LogP contribution in [0.5, 0.6) is 17.5 Å². The van der Waals surface area contributed by atoms with Crippen molar-refractivity contribution >= 4 is 5.69 Å². The number of nitrogens with zero attached hydrogens (tertiary/aromatic N) is 2. The summed E-state index contributed by atoms with van der Waals surface area (Å²) in [7, 11) is 1.42. The average molecular weight is 275 g/mol. The molecule has 0 atom stereocenters. The van der Waals surface area contributed by atoms with Crippen molar-refractivity contribution in [3.8, 4) is 17.5 Å². The highest BCUT2D eigenvalue weighted by Gasteiger charge is 2.18. The van der Waals surface area contributed by atoms with Gasteiger partial charge < -0.3 is 15.2 Å². The SMILES string of the molecule is COc1ccc([N+](=O)[O-])c(Oc2cccc(CN)c2)n1. The van der Waals surface area contributed by atoms with Crippen LogP contribution in [0.1, 0.15) is 5.56 Å². The van der Waals surface area contributed by atoms with Crippen LogP contribution in [0.2, 0.25) is 0 Å². The van der Waals surface area contributed by atoms with E-state index in [1.165, 1.54) is 19.2 Å². The second-order valence-corrected chi connectivity index (χ2v) is 3.89. The van der Waals surface area contributed by atoms with Gasteiger partial charge in [0.2, 0.25) is 5.88 Å². The second-order valence-electron chi connectivity index (χ2n) is 3.89. The van der Waals surface area contributed by atoms with Gasteiger partial charge in [0, 0.05) is 18.7 Å². The van der Waals surface area contributed by atoms with Gasteiger partial charge in [0.1, 0.15) is 5.75 Å². The summed E-state index contributed by atoms with van der Waals surface area (Å²) in [6.07, 6.45) is 0. The number of aromatic nitrogens is 1. The van der Waals surface area contributed by atoms with Crippen LogP contribution < -0.4 is 15.2 Å². The highest BCUT2D eigenvalue weighted by molar-refractivity contribution is 5.45. The van der Waals surface area contributed by atoms with Gasteiger partial charge in [-0.25, -0.2) is 0 Å². The average Bonchev–Trinajstić information content (AvgIpc) is 2.47. The Bertz CT molecular complexity index is 631. The van der Waals surface area contributed by atoms with E-state index >= 15 is 0 Å². The van der Waals surface area contributed by atoms with E-state index in [1.54, 1.807) is 18.2 Å². The van der Waals surface area contributed by atoms with Gasteiger partial charge in [0.05, 0.1) is 12.0 Å². The van der Waals surface area contributed by atoms with Crippen LogP contribution in [0.15, 0.2) is 36.4 Å². The Balaban J connectivity index is 2.37. The van der Waals surface area contributed by atoms with Crippen LogP contribution in [0, 0.1) is 10.1 Å². The minimum atomic E-state index is -0.561. The van der Waals surface area contributed by atoms with Crippen molar-refractivity contribution in [1.29, 1.82) is 0 Å².